The number of carbonyl (C=O) groups is 1. The Labute approximate surface area is 142 Å². The molecule has 0 atom stereocenters. The van der Waals surface area contributed by atoms with Gasteiger partial charge in [-0.15, -0.1) is 0 Å². The zero-order valence-electron chi connectivity index (χ0n) is 12.8. The first kappa shape index (κ1) is 14.7. The molecule has 0 aliphatic carbocycles. The minimum Gasteiger partial charge on any atom is -0.462 e. The molecule has 2 aliphatic heterocycles. The molecule has 0 fully saturated rings. The SMILES string of the molecule is Cc1ccc(C=C2C(=N)N3C(c4ccccc4)=CSC3=NC2=O)o1. The van der Waals surface area contributed by atoms with Crippen LogP contribution in [0.3, 0.4) is 0 Å². The van der Waals surface area contributed by atoms with Gasteiger partial charge >= 0.3 is 0 Å². The number of carbonyl (C=O) groups excluding carboxylic acids is 1. The van der Waals surface area contributed by atoms with Gasteiger partial charge in [-0.25, -0.2) is 0 Å². The normalized spacial score (nSPS) is 18.7. The maximum atomic E-state index is 12.3. The maximum absolute atomic E-state index is 12.3. The van der Waals surface area contributed by atoms with Gasteiger partial charge in [-0.2, -0.15) is 4.99 Å². The molecule has 0 bridgehead atoms. The standard InChI is InChI=1S/C18H13N3O2S/c1-11-7-8-13(23-11)9-14-16(19)21-15(12-5-3-2-4-6-12)10-24-18(21)20-17(14)22/h2-10,19H,1H3. The summed E-state index contributed by atoms with van der Waals surface area (Å²) < 4.78 is 5.49. The molecule has 0 saturated carbocycles. The lowest BCUT2D eigenvalue weighted by Gasteiger charge is -2.26. The van der Waals surface area contributed by atoms with Crippen molar-refractivity contribution >= 4 is 40.4 Å². The fourth-order valence-electron chi connectivity index (χ4n) is 2.59. The van der Waals surface area contributed by atoms with Crippen molar-refractivity contribution in [3.8, 4) is 0 Å². The summed E-state index contributed by atoms with van der Waals surface area (Å²) in [7, 11) is 0. The van der Waals surface area contributed by atoms with E-state index in [2.05, 4.69) is 4.99 Å². The van der Waals surface area contributed by atoms with Gasteiger partial charge in [0.1, 0.15) is 17.4 Å². The van der Waals surface area contributed by atoms with Gasteiger partial charge in [0.2, 0.25) is 0 Å². The monoisotopic (exact) mass is 335 g/mol. The third-order valence-electron chi connectivity index (χ3n) is 3.73. The Morgan fingerprint density at radius 1 is 1.21 bits per heavy atom. The number of benzene rings is 1. The minimum absolute atomic E-state index is 0.110. The van der Waals surface area contributed by atoms with Crippen molar-refractivity contribution in [2.45, 2.75) is 6.92 Å². The van der Waals surface area contributed by atoms with Crippen LogP contribution in [0.5, 0.6) is 0 Å². The average molecular weight is 335 g/mol. The van der Waals surface area contributed by atoms with Crippen molar-refractivity contribution in [2.75, 3.05) is 0 Å². The second-order valence-electron chi connectivity index (χ2n) is 5.38. The Hall–Kier alpha value is -2.86. The summed E-state index contributed by atoms with van der Waals surface area (Å²) in [6.07, 6.45) is 1.57. The maximum Gasteiger partial charge on any atom is 0.283 e. The van der Waals surface area contributed by atoms with E-state index in [9.17, 15) is 4.79 Å². The van der Waals surface area contributed by atoms with Gasteiger partial charge in [-0.3, -0.25) is 15.1 Å². The summed E-state index contributed by atoms with van der Waals surface area (Å²) in [6.45, 7) is 1.83. The second-order valence-corrected chi connectivity index (χ2v) is 6.21. The number of amidine groups is 2. The van der Waals surface area contributed by atoms with Gasteiger partial charge in [-0.05, 0) is 30.7 Å². The van der Waals surface area contributed by atoms with E-state index < -0.39 is 5.91 Å². The van der Waals surface area contributed by atoms with Crippen LogP contribution in [0, 0.1) is 12.3 Å². The second kappa shape index (κ2) is 5.65. The van der Waals surface area contributed by atoms with E-state index in [1.54, 1.807) is 17.0 Å². The third kappa shape index (κ3) is 2.41. The first-order valence-electron chi connectivity index (χ1n) is 7.36. The number of thioether (sulfide) groups is 1. The highest BCUT2D eigenvalue weighted by Crippen LogP contribution is 2.37. The summed E-state index contributed by atoms with van der Waals surface area (Å²) in [6, 6.07) is 13.4. The van der Waals surface area contributed by atoms with Crippen molar-refractivity contribution < 1.29 is 9.21 Å². The lowest BCUT2D eigenvalue weighted by molar-refractivity contribution is -0.114. The zero-order chi connectivity index (χ0) is 16.7. The van der Waals surface area contributed by atoms with Gasteiger partial charge in [0.15, 0.2) is 5.17 Å². The average Bonchev–Trinajstić information content (AvgIpc) is 3.18. The molecule has 1 aromatic carbocycles. The lowest BCUT2D eigenvalue weighted by atomic mass is 10.1. The summed E-state index contributed by atoms with van der Waals surface area (Å²) in [5.41, 5.74) is 2.04. The predicted octanol–water partition coefficient (Wildman–Crippen LogP) is 3.89. The third-order valence-corrected chi connectivity index (χ3v) is 4.56. The van der Waals surface area contributed by atoms with E-state index in [-0.39, 0.29) is 11.4 Å². The van der Waals surface area contributed by atoms with E-state index in [1.165, 1.54) is 11.8 Å². The number of nitrogens with zero attached hydrogens (tertiary/aromatic N) is 2. The largest absolute Gasteiger partial charge is 0.462 e. The highest BCUT2D eigenvalue weighted by atomic mass is 32.2. The molecule has 0 unspecified atom stereocenters. The van der Waals surface area contributed by atoms with Crippen LogP contribution >= 0.6 is 11.8 Å². The fourth-order valence-corrected chi connectivity index (χ4v) is 3.48. The van der Waals surface area contributed by atoms with Crippen LogP contribution in [-0.2, 0) is 4.79 Å². The Balaban J connectivity index is 1.75. The van der Waals surface area contributed by atoms with Crippen LogP contribution in [0.25, 0.3) is 11.8 Å². The highest BCUT2D eigenvalue weighted by molar-refractivity contribution is 8.17. The van der Waals surface area contributed by atoms with Crippen LogP contribution in [-0.4, -0.2) is 21.8 Å². The van der Waals surface area contributed by atoms with Crippen LogP contribution in [0.15, 0.2) is 62.9 Å². The van der Waals surface area contributed by atoms with Gasteiger partial charge in [0, 0.05) is 5.41 Å². The molecule has 118 valence electrons. The number of hydrogen-bond acceptors (Lipinski definition) is 4. The number of fused-ring (bicyclic) bond motifs is 1. The first-order chi connectivity index (χ1) is 11.6. The minimum atomic E-state index is -0.421. The van der Waals surface area contributed by atoms with Crippen molar-refractivity contribution in [2.24, 2.45) is 4.99 Å². The summed E-state index contributed by atoms with van der Waals surface area (Å²) in [5.74, 6) is 0.980. The molecule has 1 N–H and O–H groups in total. The summed E-state index contributed by atoms with van der Waals surface area (Å²) in [4.78, 5) is 18.1. The lowest BCUT2D eigenvalue weighted by Crippen LogP contribution is -2.37. The summed E-state index contributed by atoms with van der Waals surface area (Å²) >= 11 is 1.35. The first-order valence-corrected chi connectivity index (χ1v) is 8.24. The molecule has 24 heavy (non-hydrogen) atoms. The molecule has 0 radical (unpaired) electrons. The van der Waals surface area contributed by atoms with E-state index in [0.29, 0.717) is 10.9 Å². The predicted molar refractivity (Wildman–Crippen MR) is 95.4 cm³/mol. The Morgan fingerprint density at radius 3 is 2.71 bits per heavy atom. The van der Waals surface area contributed by atoms with Crippen LogP contribution in [0.4, 0.5) is 0 Å². The van der Waals surface area contributed by atoms with Crippen molar-refractivity contribution in [3.63, 3.8) is 0 Å². The van der Waals surface area contributed by atoms with Gasteiger partial charge in [0.25, 0.3) is 5.91 Å². The van der Waals surface area contributed by atoms with E-state index in [1.807, 2.05) is 48.7 Å². The number of aryl methyl sites for hydroxylation is 1. The Bertz CT molecular complexity index is 938. The molecule has 4 rings (SSSR count). The molecule has 6 heteroatoms. The number of rotatable bonds is 2. The van der Waals surface area contributed by atoms with Gasteiger partial charge in [0.05, 0.1) is 11.3 Å². The topological polar surface area (TPSA) is 69.7 Å². The van der Waals surface area contributed by atoms with E-state index in [0.717, 1.165) is 17.0 Å². The molecular weight excluding hydrogens is 322 g/mol. The molecule has 1 amide bonds. The smallest absolute Gasteiger partial charge is 0.283 e. The Morgan fingerprint density at radius 2 is 2.00 bits per heavy atom. The number of hydrogen-bond donors (Lipinski definition) is 1. The molecule has 0 saturated heterocycles. The van der Waals surface area contributed by atoms with E-state index >= 15 is 0 Å². The highest BCUT2D eigenvalue weighted by Gasteiger charge is 2.36. The van der Waals surface area contributed by atoms with Crippen molar-refractivity contribution in [1.82, 2.24) is 4.90 Å². The number of furan rings is 1. The number of nitrogens with one attached hydrogen (secondary N) is 1. The fraction of sp³-hybridized carbons (Fsp3) is 0.0556. The molecule has 3 heterocycles. The summed E-state index contributed by atoms with van der Waals surface area (Å²) in [5, 5.41) is 10.9. The molecular formula is C18H13N3O2S. The van der Waals surface area contributed by atoms with Gasteiger partial charge in [-0.1, -0.05) is 42.1 Å². The molecule has 2 aliphatic rings. The quantitative estimate of drug-likeness (QED) is 0.845. The number of amides is 1. The molecule has 0 spiro atoms. The zero-order valence-corrected chi connectivity index (χ0v) is 13.6. The van der Waals surface area contributed by atoms with Crippen LogP contribution < -0.4 is 0 Å². The van der Waals surface area contributed by atoms with Crippen molar-refractivity contribution in [3.05, 3.63) is 70.5 Å². The number of aliphatic imine (C=N–C) groups is 1. The van der Waals surface area contributed by atoms with Crippen molar-refractivity contribution in [1.29, 1.82) is 5.41 Å². The van der Waals surface area contributed by atoms with E-state index in [4.69, 9.17) is 9.83 Å². The molecule has 1 aromatic heterocycles. The molecule has 5 nitrogen and oxygen atoms in total. The van der Waals surface area contributed by atoms with Crippen LogP contribution in [0.2, 0.25) is 0 Å². The van der Waals surface area contributed by atoms with Crippen LogP contribution in [0.1, 0.15) is 17.1 Å². The molecule has 2 aromatic rings. The Kier molecular flexibility index (Phi) is 3.46. The van der Waals surface area contributed by atoms with Gasteiger partial charge < -0.3 is 4.42 Å².